The zero-order valence-corrected chi connectivity index (χ0v) is 9.57. The van der Waals surface area contributed by atoms with E-state index in [-0.39, 0.29) is 6.61 Å². The van der Waals surface area contributed by atoms with Crippen LogP contribution in [-0.4, -0.2) is 35.0 Å². The predicted molar refractivity (Wildman–Crippen MR) is 56.4 cm³/mol. The van der Waals surface area contributed by atoms with Gasteiger partial charge in [0.05, 0.1) is 6.61 Å². The van der Waals surface area contributed by atoms with E-state index in [9.17, 15) is 13.2 Å². The number of aromatic nitrogens is 2. The summed E-state index contributed by atoms with van der Waals surface area (Å²) in [5.41, 5.74) is 5.64. The summed E-state index contributed by atoms with van der Waals surface area (Å²) in [5.74, 6) is 0.858. The molecular formula is C10H16F3N3O. The van der Waals surface area contributed by atoms with Crippen molar-refractivity contribution in [2.45, 2.75) is 25.1 Å². The standard InChI is InChI=1S/C10H16F3N3O/c1-16-5-4-15-9(16)3-2-8(14)6-17-7-10(11,12)13/h4-5,8H,2-3,6-7,14H2,1H3. The molecule has 1 heterocycles. The van der Waals surface area contributed by atoms with E-state index in [1.165, 1.54) is 0 Å². The van der Waals surface area contributed by atoms with Crippen LogP contribution in [0.4, 0.5) is 13.2 Å². The van der Waals surface area contributed by atoms with Crippen LogP contribution in [0.25, 0.3) is 0 Å². The van der Waals surface area contributed by atoms with Crippen LogP contribution in [0, 0.1) is 0 Å². The number of alkyl halides is 3. The van der Waals surface area contributed by atoms with Gasteiger partial charge in [-0.3, -0.25) is 0 Å². The third kappa shape index (κ3) is 5.69. The van der Waals surface area contributed by atoms with Gasteiger partial charge in [-0.05, 0) is 6.42 Å². The SMILES string of the molecule is Cn1ccnc1CCC(N)COCC(F)(F)F. The summed E-state index contributed by atoms with van der Waals surface area (Å²) in [6.45, 7) is -1.34. The fourth-order valence-electron chi connectivity index (χ4n) is 1.36. The summed E-state index contributed by atoms with van der Waals surface area (Å²) in [4.78, 5) is 4.09. The minimum atomic E-state index is -4.29. The van der Waals surface area contributed by atoms with E-state index in [4.69, 9.17) is 5.73 Å². The monoisotopic (exact) mass is 251 g/mol. The normalized spacial score (nSPS) is 13.9. The first-order valence-electron chi connectivity index (χ1n) is 5.25. The second-order valence-corrected chi connectivity index (χ2v) is 3.88. The molecule has 0 bridgehead atoms. The van der Waals surface area contributed by atoms with E-state index < -0.39 is 18.8 Å². The minimum Gasteiger partial charge on any atom is -0.370 e. The number of hydrogen-bond acceptors (Lipinski definition) is 3. The molecule has 17 heavy (non-hydrogen) atoms. The Kier molecular flexibility index (Phi) is 4.95. The minimum absolute atomic E-state index is 0.0933. The Balaban J connectivity index is 2.18. The molecule has 1 aromatic heterocycles. The molecule has 0 aliphatic carbocycles. The highest BCUT2D eigenvalue weighted by atomic mass is 19.4. The predicted octanol–water partition coefficient (Wildman–Crippen LogP) is 1.26. The van der Waals surface area contributed by atoms with E-state index in [0.29, 0.717) is 12.8 Å². The summed E-state index contributed by atoms with van der Waals surface area (Å²) in [6.07, 6.45) is 0.351. The van der Waals surface area contributed by atoms with Gasteiger partial charge in [0.2, 0.25) is 0 Å². The summed E-state index contributed by atoms with van der Waals surface area (Å²) in [7, 11) is 1.86. The van der Waals surface area contributed by atoms with Gasteiger partial charge in [-0.1, -0.05) is 0 Å². The highest BCUT2D eigenvalue weighted by Gasteiger charge is 2.27. The number of nitrogens with zero attached hydrogens (tertiary/aromatic N) is 2. The average molecular weight is 251 g/mol. The van der Waals surface area contributed by atoms with Crippen molar-refractivity contribution in [2.24, 2.45) is 12.8 Å². The Labute approximate surface area is 97.6 Å². The molecule has 4 nitrogen and oxygen atoms in total. The van der Waals surface area contributed by atoms with Crippen molar-refractivity contribution in [3.63, 3.8) is 0 Å². The molecule has 2 N–H and O–H groups in total. The molecule has 0 radical (unpaired) electrons. The van der Waals surface area contributed by atoms with E-state index in [2.05, 4.69) is 9.72 Å². The highest BCUT2D eigenvalue weighted by molar-refractivity contribution is 4.91. The van der Waals surface area contributed by atoms with Crippen molar-refractivity contribution in [2.75, 3.05) is 13.2 Å². The van der Waals surface area contributed by atoms with Crippen LogP contribution in [-0.2, 0) is 18.2 Å². The Hall–Kier alpha value is -1.08. The lowest BCUT2D eigenvalue weighted by Crippen LogP contribution is -2.29. The van der Waals surface area contributed by atoms with Crippen molar-refractivity contribution < 1.29 is 17.9 Å². The quantitative estimate of drug-likeness (QED) is 0.828. The number of imidazole rings is 1. The van der Waals surface area contributed by atoms with E-state index in [0.717, 1.165) is 5.82 Å². The number of halogens is 3. The molecule has 0 aliphatic heterocycles. The van der Waals surface area contributed by atoms with E-state index in [1.807, 2.05) is 11.6 Å². The molecular weight excluding hydrogens is 235 g/mol. The van der Waals surface area contributed by atoms with Crippen LogP contribution in [0.2, 0.25) is 0 Å². The van der Waals surface area contributed by atoms with Crippen LogP contribution in [0.5, 0.6) is 0 Å². The second-order valence-electron chi connectivity index (χ2n) is 3.88. The van der Waals surface area contributed by atoms with Crippen molar-refractivity contribution >= 4 is 0 Å². The van der Waals surface area contributed by atoms with E-state index >= 15 is 0 Å². The lowest BCUT2D eigenvalue weighted by Gasteiger charge is -2.13. The molecule has 1 rings (SSSR count). The molecule has 98 valence electrons. The van der Waals surface area contributed by atoms with Crippen LogP contribution >= 0.6 is 0 Å². The summed E-state index contributed by atoms with van der Waals surface area (Å²) in [5, 5.41) is 0. The molecule has 0 spiro atoms. The van der Waals surface area contributed by atoms with Gasteiger partial charge in [-0.15, -0.1) is 0 Å². The molecule has 0 saturated carbocycles. The molecule has 7 heteroatoms. The largest absolute Gasteiger partial charge is 0.411 e. The van der Waals surface area contributed by atoms with Crippen molar-refractivity contribution in [1.29, 1.82) is 0 Å². The zero-order chi connectivity index (χ0) is 12.9. The zero-order valence-electron chi connectivity index (χ0n) is 9.57. The van der Waals surface area contributed by atoms with Crippen LogP contribution in [0.3, 0.4) is 0 Å². The Bertz CT molecular complexity index is 338. The van der Waals surface area contributed by atoms with Gasteiger partial charge >= 0.3 is 6.18 Å². The lowest BCUT2D eigenvalue weighted by atomic mass is 10.2. The Morgan fingerprint density at radius 1 is 1.53 bits per heavy atom. The van der Waals surface area contributed by atoms with Gasteiger partial charge < -0.3 is 15.0 Å². The van der Waals surface area contributed by atoms with Gasteiger partial charge in [0.25, 0.3) is 0 Å². The molecule has 0 amide bonds. The molecule has 0 aliphatic rings. The lowest BCUT2D eigenvalue weighted by molar-refractivity contribution is -0.174. The van der Waals surface area contributed by atoms with E-state index in [1.54, 1.807) is 12.4 Å². The molecule has 1 atom stereocenters. The summed E-state index contributed by atoms with van der Waals surface area (Å²) < 4.78 is 41.7. The maximum absolute atomic E-state index is 11.8. The third-order valence-electron chi connectivity index (χ3n) is 2.26. The first kappa shape index (κ1) is 14.0. The number of hydrogen-bond donors (Lipinski definition) is 1. The maximum Gasteiger partial charge on any atom is 0.411 e. The van der Waals surface area contributed by atoms with Crippen molar-refractivity contribution in [3.05, 3.63) is 18.2 Å². The van der Waals surface area contributed by atoms with Crippen molar-refractivity contribution in [1.82, 2.24) is 9.55 Å². The summed E-state index contributed by atoms with van der Waals surface area (Å²) >= 11 is 0. The number of aryl methyl sites for hydroxylation is 2. The topological polar surface area (TPSA) is 53.1 Å². The van der Waals surface area contributed by atoms with Crippen molar-refractivity contribution in [3.8, 4) is 0 Å². The van der Waals surface area contributed by atoms with Gasteiger partial charge in [0.15, 0.2) is 0 Å². The molecule has 0 fully saturated rings. The Morgan fingerprint density at radius 2 is 2.24 bits per heavy atom. The molecule has 0 saturated heterocycles. The highest BCUT2D eigenvalue weighted by Crippen LogP contribution is 2.14. The van der Waals surface area contributed by atoms with Gasteiger partial charge in [0.1, 0.15) is 12.4 Å². The van der Waals surface area contributed by atoms with Gasteiger partial charge in [-0.2, -0.15) is 13.2 Å². The average Bonchev–Trinajstić information content (AvgIpc) is 2.59. The number of rotatable bonds is 6. The fraction of sp³-hybridized carbons (Fsp3) is 0.700. The fourth-order valence-corrected chi connectivity index (χ4v) is 1.36. The first-order valence-corrected chi connectivity index (χ1v) is 5.25. The second kappa shape index (κ2) is 6.02. The number of ether oxygens (including phenoxy) is 1. The third-order valence-corrected chi connectivity index (χ3v) is 2.26. The van der Waals surface area contributed by atoms with Gasteiger partial charge in [-0.25, -0.2) is 4.98 Å². The molecule has 1 aromatic rings. The first-order chi connectivity index (χ1) is 7.88. The Morgan fingerprint density at radius 3 is 2.76 bits per heavy atom. The number of nitrogens with two attached hydrogens (primary N) is 1. The van der Waals surface area contributed by atoms with Crippen LogP contribution in [0.1, 0.15) is 12.2 Å². The maximum atomic E-state index is 11.8. The molecule has 1 unspecified atom stereocenters. The summed E-state index contributed by atoms with van der Waals surface area (Å²) in [6, 6.07) is -0.408. The molecule has 0 aromatic carbocycles. The van der Waals surface area contributed by atoms with Crippen LogP contribution < -0.4 is 5.73 Å². The smallest absolute Gasteiger partial charge is 0.370 e. The van der Waals surface area contributed by atoms with Crippen LogP contribution in [0.15, 0.2) is 12.4 Å². The van der Waals surface area contributed by atoms with Gasteiger partial charge in [0, 0.05) is 31.9 Å².